The van der Waals surface area contributed by atoms with Crippen molar-refractivity contribution in [3.8, 4) is 0 Å². The third-order valence-corrected chi connectivity index (χ3v) is 0.728. The Morgan fingerprint density at radius 1 is 1.71 bits per heavy atom. The summed E-state index contributed by atoms with van der Waals surface area (Å²) in [6, 6.07) is 0. The van der Waals surface area contributed by atoms with Gasteiger partial charge in [-0.3, -0.25) is 0 Å². The summed E-state index contributed by atoms with van der Waals surface area (Å²) in [5, 5.41) is 11.9. The van der Waals surface area contributed by atoms with Crippen LogP contribution in [-0.4, -0.2) is 21.7 Å². The average Bonchev–Trinajstić information content (AvgIpc) is 1.64. The number of aliphatic hydroxyl groups is 2. The first-order valence-corrected chi connectivity index (χ1v) is 2.38. The Labute approximate surface area is 58.5 Å². The fourth-order valence-corrected chi connectivity index (χ4v) is 0. The number of halogens is 3. The number of rotatable bonds is 1. The molecule has 0 saturated carbocycles. The van der Waals surface area contributed by atoms with Crippen LogP contribution in [-0.2, 0) is 0 Å². The van der Waals surface area contributed by atoms with Gasteiger partial charge in [0.25, 0.3) is 0 Å². The van der Waals surface area contributed by atoms with E-state index in [1.807, 2.05) is 0 Å². The van der Waals surface area contributed by atoms with Gasteiger partial charge in [-0.15, -0.1) is 0 Å². The van der Waals surface area contributed by atoms with Gasteiger partial charge in [-0.25, -0.2) is 0 Å². The molecule has 2 N–H and O–H groups in total. The molecule has 0 radical (unpaired) electrons. The van der Waals surface area contributed by atoms with E-state index in [4.69, 9.17) is 42.7 Å². The maximum Gasteiger partial charge on any atom is 0.240 e. The van der Waals surface area contributed by atoms with Gasteiger partial charge in [0, 0.05) is 0 Å². The van der Waals surface area contributed by atoms with E-state index in [9.17, 15) is 0 Å². The highest BCUT2D eigenvalue weighted by Gasteiger charge is 2.28. The van der Waals surface area contributed by atoms with Crippen molar-refractivity contribution >= 4 is 34.8 Å². The monoisotopic (exact) mass is 166 g/mol. The van der Waals surface area contributed by atoms with Gasteiger partial charge in [0.1, 0.15) is 0 Å². The first kappa shape index (κ1) is 4.65. The third-order valence-electron chi connectivity index (χ3n) is 0.243. The summed E-state index contributed by atoms with van der Waals surface area (Å²) in [5.41, 5.74) is 0. The molecule has 1 unspecified atom stereocenters. The van der Waals surface area contributed by atoms with Crippen molar-refractivity contribution in [2.75, 3.05) is 0 Å². The Bertz CT molecular complexity index is 100. The second kappa shape index (κ2) is 2.37. The molecule has 5 heteroatoms. The maximum atomic E-state index is 8.52. The smallest absolute Gasteiger partial charge is 0.240 e. The van der Waals surface area contributed by atoms with E-state index >= 15 is 0 Å². The zero-order valence-corrected chi connectivity index (χ0v) is 5.26. The summed E-state index contributed by atoms with van der Waals surface area (Å²) < 4.78 is 10.3. The lowest BCUT2D eigenvalue weighted by atomic mass is 10.8. The summed E-state index contributed by atoms with van der Waals surface area (Å²) in [6.45, 7) is 0. The topological polar surface area (TPSA) is 40.5 Å². The Hall–Kier alpha value is 0.790. The fraction of sp³-hybridized carbons (Fsp3) is 1.00. The molecule has 2 nitrogen and oxygen atoms in total. The van der Waals surface area contributed by atoms with Crippen molar-refractivity contribution < 1.29 is 11.6 Å². The molecule has 1 atom stereocenters. The third kappa shape index (κ3) is 3.38. The lowest BCUT2D eigenvalue weighted by molar-refractivity contribution is -0.0355. The predicted octanol–water partition coefficient (Wildman–Crippen LogP) is 0.667. The van der Waals surface area contributed by atoms with Gasteiger partial charge in [-0.05, 0) is 0 Å². The first-order valence-electron chi connectivity index (χ1n) is 2.15. The van der Waals surface area contributed by atoms with Gasteiger partial charge in [0.2, 0.25) is 5.22 Å². The quantitative estimate of drug-likeness (QED) is 0.445. The van der Waals surface area contributed by atoms with E-state index in [-0.39, 0.29) is 0 Å². The first-order chi connectivity index (χ1) is 3.81. The van der Waals surface area contributed by atoms with Crippen molar-refractivity contribution in [2.45, 2.75) is 10.1 Å². The van der Waals surface area contributed by atoms with E-state index in [1.165, 1.54) is 0 Å². The van der Waals surface area contributed by atoms with Gasteiger partial charge in [-0.1, -0.05) is 34.8 Å². The summed E-state index contributed by atoms with van der Waals surface area (Å²) >= 11 is 14.9. The van der Waals surface area contributed by atoms with Crippen LogP contribution in [0.3, 0.4) is 0 Å². The van der Waals surface area contributed by atoms with Gasteiger partial charge in [-0.2, -0.15) is 0 Å². The number of hydrogen-bond donors (Lipinski definition) is 2. The van der Waals surface area contributed by atoms with Crippen molar-refractivity contribution in [1.82, 2.24) is 0 Å². The molecule has 0 fully saturated rings. The molecule has 0 rings (SSSR count). The fourth-order valence-electron chi connectivity index (χ4n) is 0. The Morgan fingerprint density at radius 3 is 2.14 bits per heavy atom. The second-order valence-corrected chi connectivity index (χ2v) is 3.08. The predicted molar refractivity (Wildman–Crippen MR) is 28.5 cm³/mol. The standard InChI is InChI=1S/C2H3Cl3O2/c3-2(4,5)1(6)7/h1,6-7H/i1D,6D. The molecular weight excluding hydrogens is 162 g/mol. The molecular formula is C2H3Cl3O2. The zero-order chi connectivity index (χ0) is 7.71. The molecule has 44 valence electrons. The Kier molecular flexibility index (Phi) is 1.58. The molecule has 0 aliphatic heterocycles. The molecule has 0 bridgehead atoms. The van der Waals surface area contributed by atoms with Crippen molar-refractivity contribution in [1.29, 1.82) is 1.43 Å². The largest absolute Gasteiger partial charge is 0.365 e. The summed E-state index contributed by atoms with van der Waals surface area (Å²) in [7, 11) is 0. The van der Waals surface area contributed by atoms with E-state index in [0.717, 1.165) is 0 Å². The summed E-state index contributed by atoms with van der Waals surface area (Å²) in [4.78, 5) is 0. The van der Waals surface area contributed by atoms with Crippen LogP contribution >= 0.6 is 34.8 Å². The minimum atomic E-state index is -2.81. The molecule has 0 spiro atoms. The van der Waals surface area contributed by atoms with Gasteiger partial charge in [0.05, 0.1) is 1.37 Å². The van der Waals surface area contributed by atoms with E-state index in [0.29, 0.717) is 0 Å². The van der Waals surface area contributed by atoms with Crippen LogP contribution in [0, 0.1) is 0 Å². The number of hydrogen-bond acceptors (Lipinski definition) is 2. The van der Waals surface area contributed by atoms with Crippen LogP contribution in [0.15, 0.2) is 0 Å². The minimum Gasteiger partial charge on any atom is -0.365 e. The molecule has 0 aromatic heterocycles. The normalized spacial score (nSPS) is 25.1. The van der Waals surface area contributed by atoms with Gasteiger partial charge >= 0.3 is 0 Å². The SMILES string of the molecule is [2H]OC([2H])(O)C(Cl)(Cl)Cl. The van der Waals surface area contributed by atoms with Crippen LogP contribution in [0.25, 0.3) is 0 Å². The lowest BCUT2D eigenvalue weighted by Gasteiger charge is -2.10. The average molecular weight is 167 g/mol. The van der Waals surface area contributed by atoms with Crippen molar-refractivity contribution in [3.05, 3.63) is 0 Å². The van der Waals surface area contributed by atoms with Crippen LogP contribution < -0.4 is 0 Å². The maximum absolute atomic E-state index is 8.52. The molecule has 0 heterocycles. The van der Waals surface area contributed by atoms with Gasteiger partial charge < -0.3 is 10.2 Å². The summed E-state index contributed by atoms with van der Waals surface area (Å²) in [5.74, 6) is 0. The zero-order valence-electron chi connectivity index (χ0n) is 4.99. The molecule has 0 amide bonds. The van der Waals surface area contributed by atoms with Crippen molar-refractivity contribution in [2.24, 2.45) is 0 Å². The highest BCUT2D eigenvalue weighted by Crippen LogP contribution is 2.28. The van der Waals surface area contributed by atoms with Crippen molar-refractivity contribution in [3.63, 3.8) is 0 Å². The Balaban J connectivity index is 4.14. The van der Waals surface area contributed by atoms with E-state index in [2.05, 4.69) is 5.11 Å². The molecule has 7 heavy (non-hydrogen) atoms. The summed E-state index contributed by atoms with van der Waals surface area (Å²) in [6.07, 6.45) is -2.81. The second-order valence-electron chi connectivity index (χ2n) is 0.803. The molecule has 0 aromatic carbocycles. The highest BCUT2D eigenvalue weighted by atomic mass is 35.6. The van der Waals surface area contributed by atoms with Crippen LogP contribution in [0.4, 0.5) is 0 Å². The van der Waals surface area contributed by atoms with E-state index < -0.39 is 10.1 Å². The Morgan fingerprint density at radius 2 is 2.14 bits per heavy atom. The number of alkyl halides is 3. The van der Waals surface area contributed by atoms with Crippen LogP contribution in [0.2, 0.25) is 0 Å². The van der Waals surface area contributed by atoms with E-state index in [1.54, 1.807) is 0 Å². The lowest BCUT2D eigenvalue weighted by Crippen LogP contribution is -2.23. The van der Waals surface area contributed by atoms with Crippen LogP contribution in [0.5, 0.6) is 0 Å². The minimum absolute atomic E-state index is 2.32. The van der Waals surface area contributed by atoms with Crippen LogP contribution in [0.1, 0.15) is 1.37 Å². The van der Waals surface area contributed by atoms with Gasteiger partial charge in [0.15, 0.2) is 6.27 Å². The molecule has 0 aliphatic rings. The molecule has 0 aliphatic carbocycles. The molecule has 0 saturated heterocycles. The highest BCUT2D eigenvalue weighted by molar-refractivity contribution is 6.67. The molecule has 0 aromatic rings.